The lowest BCUT2D eigenvalue weighted by atomic mass is 10.1. The normalized spacial score (nSPS) is 12.6. The summed E-state index contributed by atoms with van der Waals surface area (Å²) in [6.45, 7) is -0.0310. The van der Waals surface area contributed by atoms with Crippen LogP contribution in [0.5, 0.6) is 17.2 Å². The van der Waals surface area contributed by atoms with Crippen molar-refractivity contribution >= 4 is 28.3 Å². The van der Waals surface area contributed by atoms with E-state index in [-0.39, 0.29) is 13.4 Å². The first-order valence-electron chi connectivity index (χ1n) is 11.2. The highest BCUT2D eigenvalue weighted by molar-refractivity contribution is 7.18. The third-order valence-corrected chi connectivity index (χ3v) is 6.21. The first kappa shape index (κ1) is 23.3. The van der Waals surface area contributed by atoms with E-state index in [9.17, 15) is 9.59 Å². The summed E-state index contributed by atoms with van der Waals surface area (Å²) in [5.41, 5.74) is 1.70. The topological polar surface area (TPSA) is 112 Å². The molecule has 0 saturated heterocycles. The number of hydrogen-bond acceptors (Lipinski definition) is 8. The fourth-order valence-electron chi connectivity index (χ4n) is 3.57. The Morgan fingerprint density at radius 1 is 0.944 bits per heavy atom. The van der Waals surface area contributed by atoms with Gasteiger partial charge in [-0.25, -0.2) is 0 Å². The van der Waals surface area contributed by atoms with Gasteiger partial charge in [-0.05, 0) is 35.9 Å². The maximum atomic E-state index is 13.2. The summed E-state index contributed by atoms with van der Waals surface area (Å²) in [6.07, 6.45) is 0.303. The van der Waals surface area contributed by atoms with Gasteiger partial charge in [0, 0.05) is 12.0 Å². The van der Waals surface area contributed by atoms with E-state index in [4.69, 9.17) is 14.2 Å². The molecule has 9 nitrogen and oxygen atoms in total. The van der Waals surface area contributed by atoms with Gasteiger partial charge in [-0.3, -0.25) is 14.9 Å². The smallest absolute Gasteiger partial charge is 0.258 e. The number of fused-ring (bicyclic) bond motifs is 1. The van der Waals surface area contributed by atoms with E-state index in [1.165, 1.54) is 11.3 Å². The van der Waals surface area contributed by atoms with Crippen LogP contribution < -0.4 is 24.8 Å². The summed E-state index contributed by atoms with van der Waals surface area (Å²) < 4.78 is 16.3. The van der Waals surface area contributed by atoms with Crippen LogP contribution in [0.4, 0.5) is 5.13 Å². The van der Waals surface area contributed by atoms with Gasteiger partial charge in [0.1, 0.15) is 16.8 Å². The monoisotopic (exact) mass is 502 g/mol. The number of aromatic nitrogens is 2. The highest BCUT2D eigenvalue weighted by Gasteiger charge is 2.23. The van der Waals surface area contributed by atoms with E-state index in [1.807, 2.05) is 60.7 Å². The number of nitrogens with zero attached hydrogens (tertiary/aromatic N) is 2. The van der Waals surface area contributed by atoms with Crippen LogP contribution in [0.1, 0.15) is 5.56 Å². The Hall–Kier alpha value is -4.44. The van der Waals surface area contributed by atoms with Crippen LogP contribution >= 0.6 is 11.3 Å². The molecule has 1 aliphatic rings. The number of benzene rings is 3. The van der Waals surface area contributed by atoms with E-state index in [0.29, 0.717) is 33.8 Å². The number of nitrogens with one attached hydrogen (secondary N) is 2. The van der Waals surface area contributed by atoms with Gasteiger partial charge in [0.05, 0.1) is 0 Å². The van der Waals surface area contributed by atoms with Gasteiger partial charge in [-0.2, -0.15) is 0 Å². The zero-order valence-electron chi connectivity index (χ0n) is 19.0. The lowest BCUT2D eigenvalue weighted by Gasteiger charge is -2.18. The van der Waals surface area contributed by atoms with E-state index in [0.717, 1.165) is 11.1 Å². The van der Waals surface area contributed by atoms with Crippen LogP contribution in [0.15, 0.2) is 78.9 Å². The SMILES string of the molecule is O=C(COc1ccccc1)NC(Cc1ccccc1)C(=O)Nc1nnc(-c2ccc3c(c2)OCO3)s1. The molecular formula is C26H22N4O5S. The summed E-state index contributed by atoms with van der Waals surface area (Å²) in [5.74, 6) is 1.07. The molecule has 1 atom stereocenters. The van der Waals surface area contributed by atoms with Crippen molar-refractivity contribution in [3.63, 3.8) is 0 Å². The van der Waals surface area contributed by atoms with Crippen molar-refractivity contribution in [2.24, 2.45) is 0 Å². The van der Waals surface area contributed by atoms with Gasteiger partial charge in [0.15, 0.2) is 18.1 Å². The average molecular weight is 503 g/mol. The van der Waals surface area contributed by atoms with Crippen LogP contribution in [-0.2, 0) is 16.0 Å². The van der Waals surface area contributed by atoms with Crippen LogP contribution in [0.25, 0.3) is 10.6 Å². The fraction of sp³-hybridized carbons (Fsp3) is 0.154. The average Bonchev–Trinajstić information content (AvgIpc) is 3.57. The van der Waals surface area contributed by atoms with Crippen LogP contribution in [0.3, 0.4) is 0 Å². The summed E-state index contributed by atoms with van der Waals surface area (Å²) in [5, 5.41) is 14.8. The van der Waals surface area contributed by atoms with E-state index in [2.05, 4.69) is 20.8 Å². The molecule has 2 amide bonds. The molecule has 2 heterocycles. The molecule has 182 valence electrons. The molecule has 36 heavy (non-hydrogen) atoms. The zero-order chi connectivity index (χ0) is 24.7. The molecule has 0 spiro atoms. The predicted molar refractivity (Wildman–Crippen MR) is 134 cm³/mol. The van der Waals surface area contributed by atoms with Crippen molar-refractivity contribution in [3.05, 3.63) is 84.4 Å². The minimum Gasteiger partial charge on any atom is -0.484 e. The Morgan fingerprint density at radius 3 is 2.50 bits per heavy atom. The van der Waals surface area contributed by atoms with Gasteiger partial charge >= 0.3 is 0 Å². The molecule has 0 bridgehead atoms. The van der Waals surface area contributed by atoms with Crippen molar-refractivity contribution in [1.29, 1.82) is 0 Å². The van der Waals surface area contributed by atoms with Crippen LogP contribution in [0, 0.1) is 0 Å². The van der Waals surface area contributed by atoms with E-state index >= 15 is 0 Å². The molecule has 0 saturated carbocycles. The first-order chi connectivity index (χ1) is 17.6. The maximum absolute atomic E-state index is 13.2. The molecule has 3 aromatic carbocycles. The molecule has 0 radical (unpaired) electrons. The summed E-state index contributed by atoms with van der Waals surface area (Å²) >= 11 is 1.22. The Labute approximate surface area is 211 Å². The Morgan fingerprint density at radius 2 is 1.69 bits per heavy atom. The Kier molecular flexibility index (Phi) is 7.04. The minimum atomic E-state index is -0.836. The van der Waals surface area contributed by atoms with E-state index < -0.39 is 17.9 Å². The number of rotatable bonds is 9. The zero-order valence-corrected chi connectivity index (χ0v) is 19.9. The molecule has 0 fully saturated rings. The quantitative estimate of drug-likeness (QED) is 0.359. The summed E-state index contributed by atoms with van der Waals surface area (Å²) in [4.78, 5) is 25.8. The fourth-order valence-corrected chi connectivity index (χ4v) is 4.32. The number of ether oxygens (including phenoxy) is 3. The van der Waals surface area contributed by atoms with Crippen molar-refractivity contribution < 1.29 is 23.8 Å². The number of para-hydroxylation sites is 1. The molecular weight excluding hydrogens is 480 g/mol. The van der Waals surface area contributed by atoms with Gasteiger partial charge in [0.25, 0.3) is 5.91 Å². The lowest BCUT2D eigenvalue weighted by molar-refractivity contribution is -0.127. The van der Waals surface area contributed by atoms with Crippen LogP contribution in [0.2, 0.25) is 0 Å². The third-order valence-electron chi connectivity index (χ3n) is 5.32. The van der Waals surface area contributed by atoms with Crippen molar-refractivity contribution in [2.75, 3.05) is 18.7 Å². The largest absolute Gasteiger partial charge is 0.484 e. The molecule has 1 aromatic heterocycles. The predicted octanol–water partition coefficient (Wildman–Crippen LogP) is 3.68. The molecule has 4 aromatic rings. The second-order valence-electron chi connectivity index (χ2n) is 7.88. The highest BCUT2D eigenvalue weighted by atomic mass is 32.1. The molecule has 2 N–H and O–H groups in total. The summed E-state index contributed by atoms with van der Waals surface area (Å²) in [7, 11) is 0. The summed E-state index contributed by atoms with van der Waals surface area (Å²) in [6, 6.07) is 23.1. The van der Waals surface area contributed by atoms with Gasteiger partial charge in [-0.1, -0.05) is 59.9 Å². The van der Waals surface area contributed by atoms with Crippen molar-refractivity contribution in [2.45, 2.75) is 12.5 Å². The van der Waals surface area contributed by atoms with Crippen molar-refractivity contribution in [3.8, 4) is 27.8 Å². The molecule has 5 rings (SSSR count). The van der Waals surface area contributed by atoms with Crippen LogP contribution in [-0.4, -0.2) is 41.5 Å². The van der Waals surface area contributed by atoms with E-state index in [1.54, 1.807) is 18.2 Å². The molecule has 0 aliphatic carbocycles. The molecule has 1 aliphatic heterocycles. The highest BCUT2D eigenvalue weighted by Crippen LogP contribution is 2.37. The standard InChI is InChI=1S/C26H22N4O5S/c31-23(15-33-19-9-5-2-6-10-19)27-20(13-17-7-3-1-4-8-17)24(32)28-26-30-29-25(36-26)18-11-12-21-22(14-18)35-16-34-21/h1-12,14,20H,13,15-16H2,(H,27,31)(H,28,30,32). The van der Waals surface area contributed by atoms with Gasteiger partial charge in [-0.15, -0.1) is 10.2 Å². The van der Waals surface area contributed by atoms with Gasteiger partial charge < -0.3 is 19.5 Å². The number of carbonyl (C=O) groups is 2. The van der Waals surface area contributed by atoms with Crippen molar-refractivity contribution in [1.82, 2.24) is 15.5 Å². The molecule has 1 unspecified atom stereocenters. The molecule has 10 heteroatoms. The minimum absolute atomic E-state index is 0.182. The number of amides is 2. The number of anilines is 1. The Balaban J connectivity index is 1.26. The Bertz CT molecular complexity index is 1350. The number of hydrogen-bond donors (Lipinski definition) is 2. The van der Waals surface area contributed by atoms with Gasteiger partial charge in [0.2, 0.25) is 17.8 Å². The second-order valence-corrected chi connectivity index (χ2v) is 8.86. The first-order valence-corrected chi connectivity index (χ1v) is 12.0. The maximum Gasteiger partial charge on any atom is 0.258 e. The second kappa shape index (κ2) is 10.9. The third kappa shape index (κ3) is 5.78. The lowest BCUT2D eigenvalue weighted by Crippen LogP contribution is -2.46. The number of carbonyl (C=O) groups excluding carboxylic acids is 2.